The molecule has 3 rings (SSSR count). The van der Waals surface area contributed by atoms with Gasteiger partial charge in [0.1, 0.15) is 5.75 Å². The molecular weight excluding hydrogens is 272 g/mol. The molecule has 2 N–H and O–H groups in total. The highest BCUT2D eigenvalue weighted by Gasteiger charge is 2.15. The lowest BCUT2D eigenvalue weighted by molar-refractivity contribution is -0.384. The predicted molar refractivity (Wildman–Crippen MR) is 78.3 cm³/mol. The summed E-state index contributed by atoms with van der Waals surface area (Å²) in [6.07, 6.45) is 0. The van der Waals surface area contributed by atoms with E-state index in [9.17, 15) is 20.0 Å². The molecule has 21 heavy (non-hydrogen) atoms. The summed E-state index contributed by atoms with van der Waals surface area (Å²) >= 11 is 0. The molecule has 0 radical (unpaired) electrons. The summed E-state index contributed by atoms with van der Waals surface area (Å²) in [6.45, 7) is 0. The van der Waals surface area contributed by atoms with E-state index in [1.807, 2.05) is 6.07 Å². The Hall–Kier alpha value is -3.15. The zero-order valence-corrected chi connectivity index (χ0v) is 10.7. The average Bonchev–Trinajstić information content (AvgIpc) is 2.51. The van der Waals surface area contributed by atoms with Gasteiger partial charge in [-0.05, 0) is 6.07 Å². The molecule has 0 fully saturated rings. The van der Waals surface area contributed by atoms with Gasteiger partial charge in [-0.25, -0.2) is 0 Å². The highest BCUT2D eigenvalue weighted by molar-refractivity contribution is 5.93. The van der Waals surface area contributed by atoms with Gasteiger partial charge in [-0.2, -0.15) is 0 Å². The number of pyridine rings is 1. The van der Waals surface area contributed by atoms with Crippen molar-refractivity contribution < 1.29 is 10.0 Å². The molecule has 1 aromatic heterocycles. The van der Waals surface area contributed by atoms with Crippen molar-refractivity contribution in [1.82, 2.24) is 4.98 Å². The Morgan fingerprint density at radius 2 is 1.76 bits per heavy atom. The monoisotopic (exact) mass is 282 g/mol. The van der Waals surface area contributed by atoms with Crippen molar-refractivity contribution in [3.63, 3.8) is 0 Å². The third kappa shape index (κ3) is 2.12. The molecule has 0 atom stereocenters. The summed E-state index contributed by atoms with van der Waals surface area (Å²) in [5, 5.41) is 21.5. The topological polar surface area (TPSA) is 96.2 Å². The van der Waals surface area contributed by atoms with Gasteiger partial charge in [0.2, 0.25) is 0 Å². The maximum absolute atomic E-state index is 12.1. The lowest BCUT2D eigenvalue weighted by Gasteiger charge is -2.07. The number of aromatic hydroxyl groups is 1. The largest absolute Gasteiger partial charge is 0.505 e. The molecule has 0 aliphatic carbocycles. The number of rotatable bonds is 2. The lowest BCUT2D eigenvalue weighted by atomic mass is 10.1. The van der Waals surface area contributed by atoms with Crippen molar-refractivity contribution in [2.75, 3.05) is 0 Å². The zero-order valence-electron chi connectivity index (χ0n) is 10.7. The minimum Gasteiger partial charge on any atom is -0.505 e. The van der Waals surface area contributed by atoms with Crippen LogP contribution in [0.4, 0.5) is 5.69 Å². The fourth-order valence-electron chi connectivity index (χ4n) is 2.23. The number of hydrogen-bond acceptors (Lipinski definition) is 4. The van der Waals surface area contributed by atoms with Crippen molar-refractivity contribution >= 4 is 16.5 Å². The number of non-ortho nitro benzene ring substituents is 1. The number of nitro benzene ring substituents is 1. The van der Waals surface area contributed by atoms with Crippen LogP contribution in [-0.2, 0) is 0 Å². The fourth-order valence-corrected chi connectivity index (χ4v) is 2.23. The van der Waals surface area contributed by atoms with Crippen LogP contribution in [0.5, 0.6) is 5.75 Å². The molecule has 0 aliphatic rings. The maximum atomic E-state index is 12.1. The van der Waals surface area contributed by atoms with E-state index >= 15 is 0 Å². The number of nitrogens with one attached hydrogen (secondary N) is 1. The zero-order chi connectivity index (χ0) is 15.0. The molecular formula is C15H10N2O4. The second-order valence-corrected chi connectivity index (χ2v) is 4.53. The average molecular weight is 282 g/mol. The van der Waals surface area contributed by atoms with Crippen molar-refractivity contribution in [2.24, 2.45) is 0 Å². The summed E-state index contributed by atoms with van der Waals surface area (Å²) < 4.78 is 0. The molecule has 6 nitrogen and oxygen atoms in total. The van der Waals surface area contributed by atoms with Crippen LogP contribution in [0.1, 0.15) is 0 Å². The number of aromatic amines is 1. The Balaban J connectivity index is 2.36. The molecule has 0 amide bonds. The van der Waals surface area contributed by atoms with Crippen LogP contribution in [0.2, 0.25) is 0 Å². The van der Waals surface area contributed by atoms with Crippen molar-refractivity contribution in [3.05, 3.63) is 69.0 Å². The first-order valence-electron chi connectivity index (χ1n) is 6.17. The quantitative estimate of drug-likeness (QED) is 0.558. The van der Waals surface area contributed by atoms with E-state index in [-0.39, 0.29) is 27.9 Å². The molecule has 0 saturated heterocycles. The van der Waals surface area contributed by atoms with Gasteiger partial charge in [0.25, 0.3) is 11.2 Å². The Bertz CT molecular complexity index is 901. The molecule has 3 aromatic rings. The molecule has 104 valence electrons. The van der Waals surface area contributed by atoms with Gasteiger partial charge in [0, 0.05) is 23.1 Å². The summed E-state index contributed by atoms with van der Waals surface area (Å²) in [7, 11) is 0. The second kappa shape index (κ2) is 4.75. The molecule has 0 spiro atoms. The van der Waals surface area contributed by atoms with Gasteiger partial charge in [-0.3, -0.25) is 14.9 Å². The van der Waals surface area contributed by atoms with Gasteiger partial charge < -0.3 is 10.1 Å². The van der Waals surface area contributed by atoms with E-state index in [1.54, 1.807) is 24.3 Å². The normalized spacial score (nSPS) is 10.7. The summed E-state index contributed by atoms with van der Waals surface area (Å²) in [6, 6.07) is 12.6. The number of H-pyrrole nitrogens is 1. The first-order chi connectivity index (χ1) is 10.1. The summed E-state index contributed by atoms with van der Waals surface area (Å²) in [5.41, 5.74) is 0.285. The molecule has 0 bridgehead atoms. The third-order valence-electron chi connectivity index (χ3n) is 3.25. The van der Waals surface area contributed by atoms with Crippen molar-refractivity contribution in [3.8, 4) is 17.0 Å². The summed E-state index contributed by atoms with van der Waals surface area (Å²) in [4.78, 5) is 24.9. The number of hydrogen-bond donors (Lipinski definition) is 2. The SMILES string of the molecule is O=c1[nH]c(-c2ccccc2)c(O)c2cc([N+](=O)[O-])ccc12. The van der Waals surface area contributed by atoms with Crippen LogP contribution in [0.25, 0.3) is 22.0 Å². The van der Waals surface area contributed by atoms with Crippen LogP contribution >= 0.6 is 0 Å². The van der Waals surface area contributed by atoms with E-state index in [2.05, 4.69) is 4.98 Å². The molecule has 0 saturated carbocycles. The van der Waals surface area contributed by atoms with E-state index in [4.69, 9.17) is 0 Å². The van der Waals surface area contributed by atoms with Crippen molar-refractivity contribution in [2.45, 2.75) is 0 Å². The molecule has 6 heteroatoms. The number of aromatic nitrogens is 1. The van der Waals surface area contributed by atoms with Gasteiger partial charge >= 0.3 is 0 Å². The molecule has 0 unspecified atom stereocenters. The number of benzene rings is 2. The van der Waals surface area contributed by atoms with Crippen LogP contribution < -0.4 is 5.56 Å². The number of nitrogens with zero attached hydrogens (tertiary/aromatic N) is 1. The first-order valence-corrected chi connectivity index (χ1v) is 6.17. The van der Waals surface area contributed by atoms with E-state index < -0.39 is 10.5 Å². The lowest BCUT2D eigenvalue weighted by Crippen LogP contribution is -2.08. The van der Waals surface area contributed by atoms with Gasteiger partial charge in [0.05, 0.1) is 16.0 Å². The Morgan fingerprint density at radius 3 is 2.43 bits per heavy atom. The van der Waals surface area contributed by atoms with Gasteiger partial charge in [-0.15, -0.1) is 0 Å². The highest BCUT2D eigenvalue weighted by Crippen LogP contribution is 2.33. The van der Waals surface area contributed by atoms with Crippen LogP contribution in [0.15, 0.2) is 53.3 Å². The Kier molecular flexibility index (Phi) is 2.91. The van der Waals surface area contributed by atoms with Gasteiger partial charge in [0.15, 0.2) is 0 Å². The highest BCUT2D eigenvalue weighted by atomic mass is 16.6. The van der Waals surface area contributed by atoms with E-state index in [0.717, 1.165) is 0 Å². The number of fused-ring (bicyclic) bond motifs is 1. The Labute approximate surface area is 118 Å². The fraction of sp³-hybridized carbons (Fsp3) is 0. The standard InChI is InChI=1S/C15H10N2O4/c18-14-12-8-10(17(20)21)6-7-11(12)15(19)16-13(14)9-4-2-1-3-5-9/h1-8,18H,(H,16,19). The maximum Gasteiger partial charge on any atom is 0.270 e. The molecule has 1 heterocycles. The minimum atomic E-state index is -0.567. The first kappa shape index (κ1) is 12.9. The minimum absolute atomic E-state index is 0.159. The van der Waals surface area contributed by atoms with Crippen LogP contribution in [0.3, 0.4) is 0 Å². The van der Waals surface area contributed by atoms with Crippen LogP contribution in [-0.4, -0.2) is 15.0 Å². The third-order valence-corrected chi connectivity index (χ3v) is 3.25. The van der Waals surface area contributed by atoms with Gasteiger partial charge in [-0.1, -0.05) is 30.3 Å². The molecule has 0 aliphatic heterocycles. The Morgan fingerprint density at radius 1 is 1.05 bits per heavy atom. The molecule has 2 aromatic carbocycles. The second-order valence-electron chi connectivity index (χ2n) is 4.53. The van der Waals surface area contributed by atoms with E-state index in [0.29, 0.717) is 5.56 Å². The van der Waals surface area contributed by atoms with E-state index in [1.165, 1.54) is 18.2 Å². The van der Waals surface area contributed by atoms with Crippen molar-refractivity contribution in [1.29, 1.82) is 0 Å². The predicted octanol–water partition coefficient (Wildman–Crippen LogP) is 2.81. The van der Waals surface area contributed by atoms with Crippen LogP contribution in [0, 0.1) is 10.1 Å². The number of nitro groups is 1. The summed E-state index contributed by atoms with van der Waals surface area (Å²) in [5.74, 6) is -0.181. The smallest absolute Gasteiger partial charge is 0.270 e.